The number of carbonyl (C=O) groups excluding carboxylic acids is 1. The van der Waals surface area contributed by atoms with E-state index in [1.807, 2.05) is 0 Å². The molecule has 0 fully saturated rings. The highest BCUT2D eigenvalue weighted by molar-refractivity contribution is 6.36. The van der Waals surface area contributed by atoms with Gasteiger partial charge in [0.25, 0.3) is 5.89 Å². The van der Waals surface area contributed by atoms with Crippen molar-refractivity contribution >= 4 is 29.0 Å². The van der Waals surface area contributed by atoms with Crippen molar-refractivity contribution in [2.75, 3.05) is 14.2 Å². The Morgan fingerprint density at radius 1 is 1.12 bits per heavy atom. The number of carbonyl (C=O) groups is 1. The molecule has 3 rings (SSSR count). The summed E-state index contributed by atoms with van der Waals surface area (Å²) in [5, 5.41) is 4.60. The van der Waals surface area contributed by atoms with Crippen molar-refractivity contribution in [3.63, 3.8) is 0 Å². The Labute approximate surface area is 159 Å². The van der Waals surface area contributed by atoms with E-state index in [2.05, 4.69) is 10.1 Å². The van der Waals surface area contributed by atoms with E-state index in [1.54, 1.807) is 37.4 Å². The number of halogens is 2. The first-order valence-electron chi connectivity index (χ1n) is 7.55. The molecule has 2 aromatic carbocycles. The summed E-state index contributed by atoms with van der Waals surface area (Å²) in [4.78, 5) is 16.7. The SMILES string of the molecule is COc1ccc(-c2nc(CC(=O)c3ccc(Cl)cc3Cl)no2)c(OC)c1. The van der Waals surface area contributed by atoms with Gasteiger partial charge in [0.05, 0.1) is 31.2 Å². The van der Waals surface area contributed by atoms with Crippen LogP contribution in [0.25, 0.3) is 11.5 Å². The number of nitrogens with zero attached hydrogens (tertiary/aromatic N) is 2. The van der Waals surface area contributed by atoms with Gasteiger partial charge in [0.1, 0.15) is 11.5 Å². The molecule has 134 valence electrons. The lowest BCUT2D eigenvalue weighted by molar-refractivity contribution is 0.0990. The Morgan fingerprint density at radius 2 is 1.92 bits per heavy atom. The van der Waals surface area contributed by atoms with E-state index in [-0.39, 0.29) is 28.9 Å². The predicted molar refractivity (Wildman–Crippen MR) is 97.3 cm³/mol. The highest BCUT2D eigenvalue weighted by atomic mass is 35.5. The molecule has 0 aliphatic carbocycles. The zero-order valence-electron chi connectivity index (χ0n) is 14.0. The normalized spacial score (nSPS) is 10.6. The zero-order chi connectivity index (χ0) is 18.7. The second-order valence-corrected chi connectivity index (χ2v) is 6.15. The molecule has 0 saturated heterocycles. The Bertz CT molecular complexity index is 956. The van der Waals surface area contributed by atoms with Crippen LogP contribution in [0.1, 0.15) is 16.2 Å². The number of Topliss-reactive ketones (excluding diaryl/α,β-unsaturated/α-hetero) is 1. The monoisotopic (exact) mass is 392 g/mol. The lowest BCUT2D eigenvalue weighted by Gasteiger charge is -2.06. The number of aromatic nitrogens is 2. The van der Waals surface area contributed by atoms with E-state index >= 15 is 0 Å². The summed E-state index contributed by atoms with van der Waals surface area (Å²) >= 11 is 11.9. The van der Waals surface area contributed by atoms with Crippen LogP contribution in [0, 0.1) is 0 Å². The fraction of sp³-hybridized carbons (Fsp3) is 0.167. The van der Waals surface area contributed by atoms with Crippen LogP contribution < -0.4 is 9.47 Å². The molecular weight excluding hydrogens is 379 g/mol. The van der Waals surface area contributed by atoms with Gasteiger partial charge in [0, 0.05) is 16.7 Å². The summed E-state index contributed by atoms with van der Waals surface area (Å²) in [6.45, 7) is 0. The summed E-state index contributed by atoms with van der Waals surface area (Å²) in [7, 11) is 3.09. The summed E-state index contributed by atoms with van der Waals surface area (Å²) in [6.07, 6.45) is -0.0523. The molecule has 1 aromatic heterocycles. The van der Waals surface area contributed by atoms with Crippen molar-refractivity contribution in [2.45, 2.75) is 6.42 Å². The summed E-state index contributed by atoms with van der Waals surface area (Å²) in [5.74, 6) is 1.41. The molecule has 0 aliphatic heterocycles. The topological polar surface area (TPSA) is 74.5 Å². The van der Waals surface area contributed by atoms with Crippen molar-refractivity contribution < 1.29 is 18.8 Å². The molecule has 0 atom stereocenters. The zero-order valence-corrected chi connectivity index (χ0v) is 15.5. The first-order chi connectivity index (χ1) is 12.5. The van der Waals surface area contributed by atoms with Gasteiger partial charge >= 0.3 is 0 Å². The van der Waals surface area contributed by atoms with Gasteiger partial charge in [-0.25, -0.2) is 0 Å². The molecule has 0 saturated carbocycles. The quantitative estimate of drug-likeness (QED) is 0.575. The van der Waals surface area contributed by atoms with Gasteiger partial charge < -0.3 is 14.0 Å². The summed E-state index contributed by atoms with van der Waals surface area (Å²) in [6, 6.07) is 9.89. The molecule has 0 radical (unpaired) electrons. The Morgan fingerprint density at radius 3 is 2.62 bits per heavy atom. The maximum atomic E-state index is 12.4. The molecule has 0 bridgehead atoms. The molecule has 0 aliphatic rings. The Kier molecular flexibility index (Phi) is 5.44. The molecule has 0 N–H and O–H groups in total. The molecule has 8 heteroatoms. The van der Waals surface area contributed by atoms with E-state index < -0.39 is 0 Å². The molecular formula is C18H14Cl2N2O4. The Balaban J connectivity index is 1.83. The maximum Gasteiger partial charge on any atom is 0.261 e. The van der Waals surface area contributed by atoms with Gasteiger partial charge in [-0.05, 0) is 30.3 Å². The smallest absolute Gasteiger partial charge is 0.261 e. The average molecular weight is 393 g/mol. The van der Waals surface area contributed by atoms with Crippen LogP contribution in [-0.4, -0.2) is 30.1 Å². The number of ether oxygens (including phenoxy) is 2. The van der Waals surface area contributed by atoms with Crippen LogP contribution >= 0.6 is 23.2 Å². The molecule has 1 heterocycles. The Hall–Kier alpha value is -2.57. The van der Waals surface area contributed by atoms with Gasteiger partial charge in [-0.3, -0.25) is 4.79 Å². The number of benzene rings is 2. The van der Waals surface area contributed by atoms with Crippen LogP contribution in [0.15, 0.2) is 40.9 Å². The van der Waals surface area contributed by atoms with E-state index in [0.717, 1.165) is 0 Å². The summed E-state index contributed by atoms with van der Waals surface area (Å²) in [5.41, 5.74) is 0.952. The minimum Gasteiger partial charge on any atom is -0.497 e. The van der Waals surface area contributed by atoms with Crippen LogP contribution in [0.4, 0.5) is 0 Å². The lowest BCUT2D eigenvalue weighted by Crippen LogP contribution is -2.05. The lowest BCUT2D eigenvalue weighted by atomic mass is 10.1. The van der Waals surface area contributed by atoms with Crippen molar-refractivity contribution in [2.24, 2.45) is 0 Å². The minimum atomic E-state index is -0.235. The van der Waals surface area contributed by atoms with E-state index in [1.165, 1.54) is 13.2 Å². The second-order valence-electron chi connectivity index (χ2n) is 5.31. The van der Waals surface area contributed by atoms with E-state index in [0.29, 0.717) is 27.6 Å². The second kappa shape index (κ2) is 7.76. The van der Waals surface area contributed by atoms with Gasteiger partial charge in [0.15, 0.2) is 11.6 Å². The summed E-state index contributed by atoms with van der Waals surface area (Å²) < 4.78 is 15.7. The van der Waals surface area contributed by atoms with Crippen LogP contribution in [0.5, 0.6) is 11.5 Å². The van der Waals surface area contributed by atoms with Gasteiger partial charge in [-0.15, -0.1) is 0 Å². The molecule has 26 heavy (non-hydrogen) atoms. The fourth-order valence-corrected chi connectivity index (χ4v) is 2.88. The number of methoxy groups -OCH3 is 2. The standard InChI is InChI=1S/C18H14Cl2N2O4/c1-24-11-4-6-13(16(8-11)25-2)18-21-17(22-26-18)9-15(23)12-5-3-10(19)7-14(12)20/h3-8H,9H2,1-2H3. The molecule has 3 aromatic rings. The first kappa shape index (κ1) is 18.2. The van der Waals surface area contributed by atoms with E-state index in [9.17, 15) is 4.79 Å². The third-order valence-corrected chi connectivity index (χ3v) is 4.21. The van der Waals surface area contributed by atoms with Crippen LogP contribution in [0.2, 0.25) is 10.0 Å². The highest BCUT2D eigenvalue weighted by Crippen LogP contribution is 2.32. The first-order valence-corrected chi connectivity index (χ1v) is 8.30. The minimum absolute atomic E-state index is 0.0523. The van der Waals surface area contributed by atoms with Crippen molar-refractivity contribution in [1.82, 2.24) is 10.1 Å². The number of ketones is 1. The van der Waals surface area contributed by atoms with Gasteiger partial charge in [-0.1, -0.05) is 28.4 Å². The average Bonchev–Trinajstić information content (AvgIpc) is 3.09. The largest absolute Gasteiger partial charge is 0.497 e. The van der Waals surface area contributed by atoms with Crippen molar-refractivity contribution in [3.05, 3.63) is 57.8 Å². The van der Waals surface area contributed by atoms with E-state index in [4.69, 9.17) is 37.2 Å². The van der Waals surface area contributed by atoms with Gasteiger partial charge in [0.2, 0.25) is 0 Å². The number of hydrogen-bond donors (Lipinski definition) is 0. The third kappa shape index (κ3) is 3.81. The molecule has 0 amide bonds. The molecule has 6 nitrogen and oxygen atoms in total. The van der Waals surface area contributed by atoms with Crippen LogP contribution in [0.3, 0.4) is 0 Å². The maximum absolute atomic E-state index is 12.4. The number of hydrogen-bond acceptors (Lipinski definition) is 6. The number of rotatable bonds is 6. The van der Waals surface area contributed by atoms with Gasteiger partial charge in [-0.2, -0.15) is 4.98 Å². The highest BCUT2D eigenvalue weighted by Gasteiger charge is 2.18. The molecule has 0 spiro atoms. The fourth-order valence-electron chi connectivity index (χ4n) is 2.36. The predicted octanol–water partition coefficient (Wildman–Crippen LogP) is 4.49. The van der Waals surface area contributed by atoms with Crippen LogP contribution in [-0.2, 0) is 6.42 Å². The van der Waals surface area contributed by atoms with Crippen molar-refractivity contribution in [1.29, 1.82) is 0 Å². The van der Waals surface area contributed by atoms with Crippen molar-refractivity contribution in [3.8, 4) is 23.0 Å². The molecule has 0 unspecified atom stereocenters. The third-order valence-electron chi connectivity index (χ3n) is 3.66.